The van der Waals surface area contributed by atoms with E-state index < -0.39 is 29.8 Å². The van der Waals surface area contributed by atoms with Gasteiger partial charge >= 0.3 is 18.2 Å². The van der Waals surface area contributed by atoms with Crippen LogP contribution in [-0.4, -0.2) is 53.0 Å². The number of fused-ring (bicyclic) bond motifs is 3. The maximum absolute atomic E-state index is 13.1. The second kappa shape index (κ2) is 10.0. The zero-order chi connectivity index (χ0) is 24.2. The molecule has 0 bridgehead atoms. The van der Waals surface area contributed by atoms with Crippen LogP contribution in [0.15, 0.2) is 48.5 Å². The van der Waals surface area contributed by atoms with E-state index >= 15 is 0 Å². The number of hydrogen-bond donors (Lipinski definition) is 2. The van der Waals surface area contributed by atoms with Crippen molar-refractivity contribution < 1.29 is 29.0 Å². The van der Waals surface area contributed by atoms with Gasteiger partial charge in [0.25, 0.3) is 0 Å². The van der Waals surface area contributed by atoms with Crippen molar-refractivity contribution in [3.05, 3.63) is 59.7 Å². The fraction of sp³-hybridized carbons (Fsp3) is 0.400. The number of imide groups is 1. The highest BCUT2D eigenvalue weighted by Gasteiger charge is 2.39. The van der Waals surface area contributed by atoms with Gasteiger partial charge in [0.15, 0.2) is 0 Å². The Morgan fingerprint density at radius 1 is 1.00 bits per heavy atom. The smallest absolute Gasteiger partial charge is 0.420 e. The number of carbonyl (C=O) groups is 3. The van der Waals surface area contributed by atoms with Gasteiger partial charge in [0.2, 0.25) is 0 Å². The molecule has 0 spiro atoms. The standard InChI is InChI=1S/C25H30N2O6/c1-25(2,3)33-24(31)27(21(22(28)29)13-8-14-26)23(30)32-15-20-18-11-6-4-9-16(18)17-10-5-7-12-19(17)20/h4-7,9-12,20-21H,8,13-15,26H2,1-3H3,(H,28,29)/t21-/m1/s1. The number of rotatable bonds is 7. The molecule has 0 saturated carbocycles. The molecule has 0 aromatic heterocycles. The first-order valence-corrected chi connectivity index (χ1v) is 10.9. The van der Waals surface area contributed by atoms with E-state index in [0.717, 1.165) is 22.3 Å². The Hall–Kier alpha value is -3.39. The molecule has 1 atom stereocenters. The lowest BCUT2D eigenvalue weighted by molar-refractivity contribution is -0.143. The van der Waals surface area contributed by atoms with Crippen LogP contribution in [0.3, 0.4) is 0 Å². The normalized spacial score (nSPS) is 13.6. The largest absolute Gasteiger partial charge is 0.480 e. The summed E-state index contributed by atoms with van der Waals surface area (Å²) >= 11 is 0. The number of nitrogens with zero attached hydrogens (tertiary/aromatic N) is 1. The summed E-state index contributed by atoms with van der Waals surface area (Å²) in [7, 11) is 0. The Morgan fingerprint density at radius 3 is 2.03 bits per heavy atom. The molecule has 33 heavy (non-hydrogen) atoms. The summed E-state index contributed by atoms with van der Waals surface area (Å²) in [5.41, 5.74) is 8.73. The van der Waals surface area contributed by atoms with Gasteiger partial charge in [-0.3, -0.25) is 0 Å². The van der Waals surface area contributed by atoms with Gasteiger partial charge in [-0.2, -0.15) is 4.90 Å². The van der Waals surface area contributed by atoms with Gasteiger partial charge in [0.1, 0.15) is 18.2 Å². The van der Waals surface area contributed by atoms with E-state index in [4.69, 9.17) is 15.2 Å². The van der Waals surface area contributed by atoms with E-state index in [1.54, 1.807) is 20.8 Å². The van der Waals surface area contributed by atoms with Gasteiger partial charge in [-0.25, -0.2) is 14.4 Å². The van der Waals surface area contributed by atoms with Gasteiger partial charge in [-0.05, 0) is 62.4 Å². The van der Waals surface area contributed by atoms with Gasteiger partial charge in [-0.1, -0.05) is 48.5 Å². The molecule has 0 unspecified atom stereocenters. The number of nitrogens with two attached hydrogens (primary N) is 1. The summed E-state index contributed by atoms with van der Waals surface area (Å²) in [6, 6.07) is 14.2. The van der Waals surface area contributed by atoms with Crippen LogP contribution >= 0.6 is 0 Å². The van der Waals surface area contributed by atoms with Crippen LogP contribution in [0, 0.1) is 0 Å². The van der Waals surface area contributed by atoms with E-state index in [0.29, 0.717) is 11.3 Å². The Bertz CT molecular complexity index is 984. The fourth-order valence-electron chi connectivity index (χ4n) is 3.98. The predicted molar refractivity (Wildman–Crippen MR) is 123 cm³/mol. The summed E-state index contributed by atoms with van der Waals surface area (Å²) in [5.74, 6) is -1.56. The lowest BCUT2D eigenvalue weighted by Gasteiger charge is -2.29. The van der Waals surface area contributed by atoms with Gasteiger partial charge in [-0.15, -0.1) is 0 Å². The molecule has 0 fully saturated rings. The minimum Gasteiger partial charge on any atom is -0.480 e. The molecule has 2 aromatic carbocycles. The first-order chi connectivity index (χ1) is 15.6. The lowest BCUT2D eigenvalue weighted by atomic mass is 9.98. The molecule has 1 aliphatic carbocycles. The fourth-order valence-corrected chi connectivity index (χ4v) is 3.98. The van der Waals surface area contributed by atoms with Gasteiger partial charge < -0.3 is 20.3 Å². The van der Waals surface area contributed by atoms with Crippen molar-refractivity contribution >= 4 is 18.2 Å². The first kappa shape index (κ1) is 24.3. The Kier molecular flexibility index (Phi) is 7.38. The maximum Gasteiger partial charge on any atom is 0.420 e. The van der Waals surface area contributed by atoms with Gasteiger partial charge in [0, 0.05) is 5.92 Å². The van der Waals surface area contributed by atoms with Crippen LogP contribution < -0.4 is 5.73 Å². The Morgan fingerprint density at radius 2 is 1.55 bits per heavy atom. The zero-order valence-corrected chi connectivity index (χ0v) is 19.1. The number of amides is 2. The van der Waals surface area contributed by atoms with E-state index in [1.165, 1.54) is 0 Å². The predicted octanol–water partition coefficient (Wildman–Crippen LogP) is 4.36. The van der Waals surface area contributed by atoms with Crippen LogP contribution in [-0.2, 0) is 14.3 Å². The number of carboxylic acid groups (broad SMARTS) is 1. The van der Waals surface area contributed by atoms with E-state index in [-0.39, 0.29) is 25.5 Å². The van der Waals surface area contributed by atoms with E-state index in [9.17, 15) is 19.5 Å². The van der Waals surface area contributed by atoms with Crippen LogP contribution in [0.1, 0.15) is 50.7 Å². The quantitative estimate of drug-likeness (QED) is 0.638. The maximum atomic E-state index is 13.1. The third kappa shape index (κ3) is 5.51. The number of carbonyl (C=O) groups excluding carboxylic acids is 2. The van der Waals surface area contributed by atoms with Crippen LogP contribution in [0.5, 0.6) is 0 Å². The molecular weight excluding hydrogens is 424 g/mol. The van der Waals surface area contributed by atoms with Crippen LogP contribution in [0.2, 0.25) is 0 Å². The molecule has 2 amide bonds. The average molecular weight is 455 g/mol. The SMILES string of the molecule is CC(C)(C)OC(=O)N(C(=O)OCC1c2ccccc2-c2ccccc21)[C@H](CCCN)C(=O)O. The van der Waals surface area contributed by atoms with E-state index in [2.05, 4.69) is 0 Å². The highest BCUT2D eigenvalue weighted by Crippen LogP contribution is 2.44. The number of benzene rings is 2. The molecule has 0 heterocycles. The summed E-state index contributed by atoms with van der Waals surface area (Å²) < 4.78 is 10.8. The molecule has 0 aliphatic heterocycles. The van der Waals surface area contributed by atoms with Gasteiger partial charge in [0.05, 0.1) is 0 Å². The second-order valence-corrected chi connectivity index (χ2v) is 8.94. The second-order valence-electron chi connectivity index (χ2n) is 8.94. The highest BCUT2D eigenvalue weighted by atomic mass is 16.6. The molecule has 3 rings (SSSR count). The van der Waals surface area contributed by atoms with Crippen molar-refractivity contribution in [1.29, 1.82) is 0 Å². The van der Waals surface area contributed by atoms with Crippen LogP contribution in [0.4, 0.5) is 9.59 Å². The molecule has 8 nitrogen and oxygen atoms in total. The minimum absolute atomic E-state index is 0.00469. The summed E-state index contributed by atoms with van der Waals surface area (Å²) in [5, 5.41) is 9.71. The summed E-state index contributed by atoms with van der Waals surface area (Å²) in [6.07, 6.45) is -1.82. The lowest BCUT2D eigenvalue weighted by Crippen LogP contribution is -2.51. The molecule has 2 aromatic rings. The van der Waals surface area contributed by atoms with Crippen molar-refractivity contribution in [2.45, 2.75) is 51.2 Å². The highest BCUT2D eigenvalue weighted by molar-refractivity contribution is 5.93. The van der Waals surface area contributed by atoms with Crippen molar-refractivity contribution in [2.24, 2.45) is 5.73 Å². The van der Waals surface area contributed by atoms with Crippen molar-refractivity contribution in [1.82, 2.24) is 4.90 Å². The average Bonchev–Trinajstić information content (AvgIpc) is 3.07. The summed E-state index contributed by atoms with van der Waals surface area (Å²) in [4.78, 5) is 38.3. The molecule has 3 N–H and O–H groups in total. The van der Waals surface area contributed by atoms with Crippen LogP contribution in [0.25, 0.3) is 11.1 Å². The molecule has 1 aliphatic rings. The number of hydrogen-bond acceptors (Lipinski definition) is 6. The monoisotopic (exact) mass is 454 g/mol. The number of carboxylic acids is 1. The first-order valence-electron chi connectivity index (χ1n) is 10.9. The molecular formula is C25H30N2O6. The number of ether oxygens (including phenoxy) is 2. The van der Waals surface area contributed by atoms with Crippen molar-refractivity contribution in [3.63, 3.8) is 0 Å². The molecule has 176 valence electrons. The Labute approximate surface area is 193 Å². The third-order valence-corrected chi connectivity index (χ3v) is 5.40. The molecule has 0 saturated heterocycles. The summed E-state index contributed by atoms with van der Waals surface area (Å²) in [6.45, 7) is 5.08. The number of aliphatic carboxylic acids is 1. The molecule has 8 heteroatoms. The minimum atomic E-state index is -1.45. The third-order valence-electron chi connectivity index (χ3n) is 5.40. The van der Waals surface area contributed by atoms with E-state index in [1.807, 2.05) is 48.5 Å². The molecule has 0 radical (unpaired) electrons. The zero-order valence-electron chi connectivity index (χ0n) is 19.1. The topological polar surface area (TPSA) is 119 Å². The van der Waals surface area contributed by atoms with Crippen molar-refractivity contribution in [2.75, 3.05) is 13.2 Å². The Balaban J connectivity index is 1.85. The van der Waals surface area contributed by atoms with Crippen molar-refractivity contribution in [3.8, 4) is 11.1 Å².